The minimum atomic E-state index is -2.10. The third kappa shape index (κ3) is 3.57. The molecule has 0 rings (SSSR count). The zero-order valence-corrected chi connectivity index (χ0v) is 12.7. The lowest BCUT2D eigenvalue weighted by atomic mass is 9.93. The summed E-state index contributed by atoms with van der Waals surface area (Å²) in [6.07, 6.45) is 1.16. The van der Waals surface area contributed by atoms with Crippen molar-refractivity contribution in [2.24, 2.45) is 5.41 Å². The van der Waals surface area contributed by atoms with Gasteiger partial charge in [0.1, 0.15) is 0 Å². The van der Waals surface area contributed by atoms with E-state index in [2.05, 4.69) is 41.5 Å². The zero-order chi connectivity index (χ0) is 12.3. The molecule has 92 valence electrons. The van der Waals surface area contributed by atoms with Crippen LogP contribution in [0.2, 0.25) is 11.1 Å². The average Bonchev–Trinajstić information content (AvgIpc) is 2.12. The third-order valence-corrected chi connectivity index (χ3v) is 8.50. The maximum Gasteiger partial charge on any atom is 0.343 e. The molecule has 0 heterocycles. The van der Waals surface area contributed by atoms with E-state index in [1.54, 1.807) is 14.2 Å². The lowest BCUT2D eigenvalue weighted by Gasteiger charge is -2.43. The minimum Gasteiger partial charge on any atom is -0.397 e. The highest BCUT2D eigenvalue weighted by molar-refractivity contribution is 6.70. The minimum absolute atomic E-state index is 0.114. The Morgan fingerprint density at radius 1 is 0.933 bits per heavy atom. The van der Waals surface area contributed by atoms with E-state index in [0.29, 0.717) is 5.41 Å². The van der Waals surface area contributed by atoms with Gasteiger partial charge in [-0.2, -0.15) is 0 Å². The summed E-state index contributed by atoms with van der Waals surface area (Å²) in [7, 11) is 1.50. The van der Waals surface area contributed by atoms with Crippen LogP contribution in [0.1, 0.15) is 48.0 Å². The van der Waals surface area contributed by atoms with Crippen LogP contribution in [0.25, 0.3) is 0 Å². The molecule has 0 atom stereocenters. The van der Waals surface area contributed by atoms with Crippen molar-refractivity contribution in [1.82, 2.24) is 0 Å². The van der Waals surface area contributed by atoms with Crippen molar-refractivity contribution in [3.63, 3.8) is 0 Å². The topological polar surface area (TPSA) is 18.5 Å². The van der Waals surface area contributed by atoms with Crippen LogP contribution >= 0.6 is 0 Å². The fourth-order valence-corrected chi connectivity index (χ4v) is 5.58. The predicted octanol–water partition coefficient (Wildman–Crippen LogP) is 3.96. The van der Waals surface area contributed by atoms with Crippen LogP contribution in [0.5, 0.6) is 0 Å². The molecule has 0 aliphatic rings. The van der Waals surface area contributed by atoms with Crippen LogP contribution in [-0.4, -0.2) is 22.8 Å². The first-order valence-corrected chi connectivity index (χ1v) is 7.77. The first-order valence-electron chi connectivity index (χ1n) is 5.74. The largest absolute Gasteiger partial charge is 0.397 e. The normalized spacial score (nSPS) is 14.4. The van der Waals surface area contributed by atoms with Gasteiger partial charge in [-0.1, -0.05) is 48.0 Å². The van der Waals surface area contributed by atoms with E-state index >= 15 is 0 Å². The Balaban J connectivity index is 4.97. The van der Waals surface area contributed by atoms with Gasteiger partial charge in [0, 0.05) is 19.3 Å². The van der Waals surface area contributed by atoms with E-state index in [1.165, 1.54) is 0 Å². The van der Waals surface area contributed by atoms with Gasteiger partial charge < -0.3 is 8.85 Å². The monoisotopic (exact) mass is 232 g/mol. The molecule has 0 aliphatic heterocycles. The first kappa shape index (κ1) is 15.1. The van der Waals surface area contributed by atoms with Crippen molar-refractivity contribution >= 4 is 8.56 Å². The molecule has 0 spiro atoms. The molecule has 0 N–H and O–H groups in total. The summed E-state index contributed by atoms with van der Waals surface area (Å²) in [5.74, 6) is 0. The van der Waals surface area contributed by atoms with Crippen LogP contribution in [0.4, 0.5) is 0 Å². The summed E-state index contributed by atoms with van der Waals surface area (Å²) >= 11 is 0. The average molecular weight is 232 g/mol. The Morgan fingerprint density at radius 2 is 1.33 bits per heavy atom. The Morgan fingerprint density at radius 3 is 1.53 bits per heavy atom. The van der Waals surface area contributed by atoms with E-state index in [9.17, 15) is 0 Å². The molecule has 0 aliphatic carbocycles. The van der Waals surface area contributed by atoms with Gasteiger partial charge in [0.2, 0.25) is 0 Å². The fourth-order valence-electron chi connectivity index (χ4n) is 1.86. The van der Waals surface area contributed by atoms with Crippen molar-refractivity contribution < 1.29 is 8.85 Å². The Hall–Kier alpha value is 0.137. The van der Waals surface area contributed by atoms with Crippen molar-refractivity contribution in [2.75, 3.05) is 14.2 Å². The molecule has 0 radical (unpaired) electrons. The lowest BCUT2D eigenvalue weighted by molar-refractivity contribution is 0.192. The third-order valence-electron chi connectivity index (χ3n) is 3.47. The lowest BCUT2D eigenvalue weighted by Crippen LogP contribution is -2.51. The van der Waals surface area contributed by atoms with E-state index < -0.39 is 8.56 Å². The number of hydrogen-bond donors (Lipinski definition) is 0. The van der Waals surface area contributed by atoms with E-state index in [-0.39, 0.29) is 5.04 Å². The summed E-state index contributed by atoms with van der Waals surface area (Å²) in [5.41, 5.74) is 0.297. The van der Waals surface area contributed by atoms with Crippen LogP contribution in [-0.2, 0) is 8.85 Å². The second-order valence-corrected chi connectivity index (χ2v) is 10.3. The highest BCUT2D eigenvalue weighted by Gasteiger charge is 2.50. The SMILES string of the molecule is CCC(C)(C)C[Si](OC)(OC)C(C)(C)C. The van der Waals surface area contributed by atoms with Gasteiger partial charge in [0.15, 0.2) is 0 Å². The summed E-state index contributed by atoms with van der Waals surface area (Å²) in [6.45, 7) is 13.5. The Labute approximate surface area is 96.6 Å². The molecule has 0 aromatic rings. The van der Waals surface area contributed by atoms with E-state index in [1.807, 2.05) is 0 Å². The molecule has 0 bridgehead atoms. The van der Waals surface area contributed by atoms with Gasteiger partial charge in [0.05, 0.1) is 0 Å². The number of rotatable bonds is 5. The molecular weight excluding hydrogens is 204 g/mol. The fraction of sp³-hybridized carbons (Fsp3) is 1.00. The Kier molecular flexibility index (Phi) is 5.02. The standard InChI is InChI=1S/C12H28O2Si/c1-9-12(5,6)10-15(13-7,14-8)11(2,3)4/h9-10H2,1-8H3. The van der Waals surface area contributed by atoms with Gasteiger partial charge in [0.25, 0.3) is 0 Å². The molecule has 0 unspecified atom stereocenters. The predicted molar refractivity (Wildman–Crippen MR) is 68.4 cm³/mol. The highest BCUT2D eigenvalue weighted by atomic mass is 28.4. The molecule has 0 aromatic heterocycles. The summed E-state index contributed by atoms with van der Waals surface area (Å²) in [4.78, 5) is 0. The smallest absolute Gasteiger partial charge is 0.343 e. The molecule has 0 saturated carbocycles. The van der Waals surface area contributed by atoms with Crippen LogP contribution in [0.15, 0.2) is 0 Å². The first-order chi connectivity index (χ1) is 6.64. The van der Waals surface area contributed by atoms with Crippen molar-refractivity contribution in [2.45, 2.75) is 59.0 Å². The maximum absolute atomic E-state index is 5.81. The molecule has 0 aromatic carbocycles. The van der Waals surface area contributed by atoms with Crippen LogP contribution in [0, 0.1) is 5.41 Å². The van der Waals surface area contributed by atoms with Crippen LogP contribution < -0.4 is 0 Å². The van der Waals surface area contributed by atoms with Gasteiger partial charge in [-0.3, -0.25) is 0 Å². The maximum atomic E-state index is 5.81. The quantitative estimate of drug-likeness (QED) is 0.668. The van der Waals surface area contributed by atoms with Crippen molar-refractivity contribution in [3.05, 3.63) is 0 Å². The molecule has 0 amide bonds. The van der Waals surface area contributed by atoms with E-state index in [4.69, 9.17) is 8.85 Å². The summed E-state index contributed by atoms with van der Waals surface area (Å²) in [5, 5.41) is 0.114. The summed E-state index contributed by atoms with van der Waals surface area (Å²) < 4.78 is 11.6. The highest BCUT2D eigenvalue weighted by Crippen LogP contribution is 2.45. The Bertz CT molecular complexity index is 190. The van der Waals surface area contributed by atoms with E-state index in [0.717, 1.165) is 12.5 Å². The second-order valence-electron chi connectivity index (χ2n) is 6.11. The van der Waals surface area contributed by atoms with Crippen LogP contribution in [0.3, 0.4) is 0 Å². The van der Waals surface area contributed by atoms with Gasteiger partial charge >= 0.3 is 8.56 Å². The molecule has 2 nitrogen and oxygen atoms in total. The molecule has 0 fully saturated rings. The molecule has 0 saturated heterocycles. The summed E-state index contributed by atoms with van der Waals surface area (Å²) in [6, 6.07) is 1.05. The zero-order valence-electron chi connectivity index (χ0n) is 11.7. The molecule has 3 heteroatoms. The molecule has 15 heavy (non-hydrogen) atoms. The van der Waals surface area contributed by atoms with Gasteiger partial charge in [-0.15, -0.1) is 0 Å². The van der Waals surface area contributed by atoms with Gasteiger partial charge in [-0.25, -0.2) is 0 Å². The second kappa shape index (κ2) is 4.98. The van der Waals surface area contributed by atoms with Crippen molar-refractivity contribution in [1.29, 1.82) is 0 Å². The van der Waals surface area contributed by atoms with Crippen molar-refractivity contribution in [3.8, 4) is 0 Å². The molecular formula is C12H28O2Si. The van der Waals surface area contributed by atoms with Gasteiger partial charge in [-0.05, 0) is 11.5 Å². The number of hydrogen-bond acceptors (Lipinski definition) is 2.